The highest BCUT2D eigenvalue weighted by atomic mass is 32.1. The maximum absolute atomic E-state index is 12.9. The van der Waals surface area contributed by atoms with E-state index < -0.39 is 0 Å². The first kappa shape index (κ1) is 13.9. The molecule has 0 N–H and O–H groups in total. The van der Waals surface area contributed by atoms with Gasteiger partial charge in [-0.3, -0.25) is 9.48 Å². The lowest BCUT2D eigenvalue weighted by Gasteiger charge is -2.34. The van der Waals surface area contributed by atoms with Crippen LogP contribution in [0.25, 0.3) is 0 Å². The number of piperidine rings is 1. The lowest BCUT2D eigenvalue weighted by atomic mass is 10.0. The zero-order chi connectivity index (χ0) is 15.1. The summed E-state index contributed by atoms with van der Waals surface area (Å²) in [5.74, 6) is 0.818. The van der Waals surface area contributed by atoms with Gasteiger partial charge in [-0.1, -0.05) is 0 Å². The number of aryl methyl sites for hydroxylation is 1. The minimum Gasteiger partial charge on any atom is -0.333 e. The van der Waals surface area contributed by atoms with Crippen molar-refractivity contribution in [3.8, 4) is 0 Å². The summed E-state index contributed by atoms with van der Waals surface area (Å²) in [5.41, 5.74) is 1.20. The lowest BCUT2D eigenvalue weighted by Crippen LogP contribution is -2.39. The van der Waals surface area contributed by atoms with Gasteiger partial charge in [0.15, 0.2) is 0 Å². The van der Waals surface area contributed by atoms with Crippen LogP contribution < -0.4 is 0 Å². The van der Waals surface area contributed by atoms with E-state index in [0.29, 0.717) is 11.8 Å². The Bertz CT molecular complexity index is 666. The average molecular weight is 316 g/mol. The fraction of sp³-hybridized carbons (Fsp3) is 0.562. The van der Waals surface area contributed by atoms with Gasteiger partial charge in [-0.25, -0.2) is 4.98 Å². The summed E-state index contributed by atoms with van der Waals surface area (Å²) in [6, 6.07) is 0.191. The number of aromatic nitrogens is 3. The smallest absolute Gasteiger partial charge is 0.226 e. The lowest BCUT2D eigenvalue weighted by molar-refractivity contribution is -0.136. The van der Waals surface area contributed by atoms with E-state index in [2.05, 4.69) is 15.0 Å². The molecule has 2 fully saturated rings. The molecule has 3 heterocycles. The Labute approximate surface area is 134 Å². The van der Waals surface area contributed by atoms with E-state index in [1.54, 1.807) is 11.3 Å². The highest BCUT2D eigenvalue weighted by Crippen LogP contribution is 2.49. The molecule has 116 valence electrons. The van der Waals surface area contributed by atoms with Gasteiger partial charge in [-0.2, -0.15) is 5.10 Å². The normalized spacial score (nSPS) is 27.9. The Kier molecular flexibility index (Phi) is 3.48. The summed E-state index contributed by atoms with van der Waals surface area (Å²) in [4.78, 5) is 19.5. The zero-order valence-electron chi connectivity index (χ0n) is 12.7. The molecule has 6 heteroatoms. The molecule has 0 aromatic carbocycles. The molecule has 2 aromatic heterocycles. The fourth-order valence-electron chi connectivity index (χ4n) is 3.53. The fourth-order valence-corrected chi connectivity index (χ4v) is 4.32. The molecular weight excluding hydrogens is 296 g/mol. The van der Waals surface area contributed by atoms with Crippen LogP contribution in [0.4, 0.5) is 0 Å². The molecular formula is C16H20N4OS. The van der Waals surface area contributed by atoms with Crippen LogP contribution in [0.2, 0.25) is 0 Å². The molecule has 2 aliphatic rings. The predicted octanol–water partition coefficient (Wildman–Crippen LogP) is 2.73. The second kappa shape index (κ2) is 5.50. The highest BCUT2D eigenvalue weighted by molar-refractivity contribution is 7.09. The van der Waals surface area contributed by atoms with E-state index in [4.69, 9.17) is 0 Å². The van der Waals surface area contributed by atoms with E-state index in [1.807, 2.05) is 35.7 Å². The molecule has 4 rings (SSSR count). The van der Waals surface area contributed by atoms with Crippen molar-refractivity contribution >= 4 is 17.2 Å². The molecule has 1 saturated heterocycles. The van der Waals surface area contributed by atoms with E-state index in [-0.39, 0.29) is 12.0 Å². The summed E-state index contributed by atoms with van der Waals surface area (Å²) in [5, 5.41) is 7.31. The number of thiazole rings is 1. The second-order valence-corrected chi connectivity index (χ2v) is 7.24. The number of nitrogens with zero attached hydrogens (tertiary/aromatic N) is 4. The third-order valence-corrected chi connectivity index (χ3v) is 5.66. The Morgan fingerprint density at radius 3 is 3.05 bits per heavy atom. The maximum Gasteiger partial charge on any atom is 0.226 e. The monoisotopic (exact) mass is 316 g/mol. The van der Waals surface area contributed by atoms with Crippen LogP contribution in [0.15, 0.2) is 24.0 Å². The molecule has 22 heavy (non-hydrogen) atoms. The Hall–Kier alpha value is -1.69. The van der Waals surface area contributed by atoms with Crippen LogP contribution in [-0.2, 0) is 11.8 Å². The molecule has 1 saturated carbocycles. The minimum atomic E-state index is 0.143. The van der Waals surface area contributed by atoms with Gasteiger partial charge in [0.05, 0.1) is 12.2 Å². The van der Waals surface area contributed by atoms with Gasteiger partial charge in [0.2, 0.25) is 5.91 Å². The third-order valence-electron chi connectivity index (χ3n) is 4.78. The summed E-state index contributed by atoms with van der Waals surface area (Å²) in [7, 11) is 1.92. The first-order valence-corrected chi connectivity index (χ1v) is 8.80. The maximum atomic E-state index is 12.9. The quantitative estimate of drug-likeness (QED) is 0.875. The van der Waals surface area contributed by atoms with Crippen LogP contribution in [0.3, 0.4) is 0 Å². The van der Waals surface area contributed by atoms with Crippen LogP contribution in [-0.4, -0.2) is 32.1 Å². The van der Waals surface area contributed by atoms with E-state index in [9.17, 15) is 4.79 Å². The van der Waals surface area contributed by atoms with Crippen molar-refractivity contribution < 1.29 is 4.79 Å². The molecule has 0 spiro atoms. The molecule has 1 aliphatic carbocycles. The Morgan fingerprint density at radius 2 is 2.32 bits per heavy atom. The predicted molar refractivity (Wildman–Crippen MR) is 84.5 cm³/mol. The standard InChI is InChI=1S/C16H20N4OS/c1-19-10-11(9-18-19)12-8-13(12)16(21)20-6-3-2-4-14(20)15-17-5-7-22-15/h5,7,9-10,12-14H,2-4,6,8H2,1H3. The van der Waals surface area contributed by atoms with Gasteiger partial charge < -0.3 is 4.90 Å². The van der Waals surface area contributed by atoms with Crippen LogP contribution >= 0.6 is 11.3 Å². The van der Waals surface area contributed by atoms with Gasteiger partial charge in [0.1, 0.15) is 5.01 Å². The Morgan fingerprint density at radius 1 is 1.41 bits per heavy atom. The van der Waals surface area contributed by atoms with Crippen LogP contribution in [0.1, 0.15) is 48.2 Å². The van der Waals surface area contributed by atoms with Gasteiger partial charge in [0.25, 0.3) is 0 Å². The number of carbonyl (C=O) groups excluding carboxylic acids is 1. The molecule has 2 aromatic rings. The van der Waals surface area contributed by atoms with Crippen molar-refractivity contribution in [1.82, 2.24) is 19.7 Å². The molecule has 3 atom stereocenters. The van der Waals surface area contributed by atoms with Crippen molar-refractivity contribution in [2.45, 2.75) is 37.6 Å². The average Bonchev–Trinajstić information content (AvgIpc) is 2.95. The van der Waals surface area contributed by atoms with E-state index in [1.165, 1.54) is 12.0 Å². The highest BCUT2D eigenvalue weighted by Gasteiger charge is 2.48. The molecule has 1 aliphatic heterocycles. The number of hydrogen-bond acceptors (Lipinski definition) is 4. The number of rotatable bonds is 3. The van der Waals surface area contributed by atoms with Gasteiger partial charge >= 0.3 is 0 Å². The number of carbonyl (C=O) groups is 1. The van der Waals surface area contributed by atoms with Gasteiger partial charge in [0, 0.05) is 37.3 Å². The van der Waals surface area contributed by atoms with E-state index in [0.717, 1.165) is 30.8 Å². The van der Waals surface area contributed by atoms with Crippen molar-refractivity contribution in [3.05, 3.63) is 34.5 Å². The van der Waals surface area contributed by atoms with Crippen molar-refractivity contribution in [2.24, 2.45) is 13.0 Å². The zero-order valence-corrected chi connectivity index (χ0v) is 13.5. The van der Waals surface area contributed by atoms with Crippen molar-refractivity contribution in [1.29, 1.82) is 0 Å². The van der Waals surface area contributed by atoms with Crippen molar-refractivity contribution in [3.63, 3.8) is 0 Å². The SMILES string of the molecule is Cn1cc(C2CC2C(=O)N2CCCCC2c2nccs2)cn1. The van der Waals surface area contributed by atoms with Gasteiger partial charge in [-0.15, -0.1) is 11.3 Å². The summed E-state index contributed by atoms with van der Waals surface area (Å²) < 4.78 is 1.81. The van der Waals surface area contributed by atoms with Gasteiger partial charge in [-0.05, 0) is 37.2 Å². The molecule has 0 bridgehead atoms. The first-order valence-electron chi connectivity index (χ1n) is 7.92. The van der Waals surface area contributed by atoms with Crippen LogP contribution in [0.5, 0.6) is 0 Å². The second-order valence-electron chi connectivity index (χ2n) is 6.31. The van der Waals surface area contributed by atoms with E-state index >= 15 is 0 Å². The first-order chi connectivity index (χ1) is 10.7. The summed E-state index contributed by atoms with van der Waals surface area (Å²) in [6.07, 6.45) is 10.1. The minimum absolute atomic E-state index is 0.143. The largest absolute Gasteiger partial charge is 0.333 e. The number of likely N-dealkylation sites (tertiary alicyclic amines) is 1. The Balaban J connectivity index is 1.50. The molecule has 3 unspecified atom stereocenters. The van der Waals surface area contributed by atoms with Crippen LogP contribution in [0, 0.1) is 5.92 Å². The molecule has 1 amide bonds. The molecule has 5 nitrogen and oxygen atoms in total. The summed E-state index contributed by atoms with van der Waals surface area (Å²) in [6.45, 7) is 0.874. The number of amides is 1. The topological polar surface area (TPSA) is 51.0 Å². The third kappa shape index (κ3) is 2.45. The number of hydrogen-bond donors (Lipinski definition) is 0. The summed E-state index contributed by atoms with van der Waals surface area (Å²) >= 11 is 1.66. The molecule has 0 radical (unpaired) electrons. The van der Waals surface area contributed by atoms with Crippen molar-refractivity contribution in [2.75, 3.05) is 6.54 Å².